The molecule has 1 fully saturated rings. The van der Waals surface area contributed by atoms with E-state index in [-0.39, 0.29) is 0 Å². The average Bonchev–Trinajstić information content (AvgIpc) is 2.65. The first-order chi connectivity index (χ1) is 7.12. The molecule has 1 heterocycles. The average molecular weight is 208 g/mol. The minimum Gasteiger partial charge on any atom is -0.463 e. The quantitative estimate of drug-likeness (QED) is 0.776. The molecule has 0 radical (unpaired) electrons. The van der Waals surface area contributed by atoms with Crippen LogP contribution in [0, 0.1) is 11.3 Å². The first-order valence-corrected chi connectivity index (χ1v) is 5.60. The number of rotatable bonds is 5. The van der Waals surface area contributed by atoms with Crippen LogP contribution in [0.5, 0.6) is 0 Å². The highest BCUT2D eigenvalue weighted by Gasteiger charge is 2.44. The Bertz CT molecular complexity index is 330. The molecular weight excluding hydrogens is 188 g/mol. The normalized spacial score (nSPS) is 23.0. The summed E-state index contributed by atoms with van der Waals surface area (Å²) in [6.45, 7) is 7.02. The van der Waals surface area contributed by atoms with E-state index in [1.54, 1.807) is 0 Å². The first-order valence-electron chi connectivity index (χ1n) is 5.60. The van der Waals surface area contributed by atoms with E-state index in [0.717, 1.165) is 30.5 Å². The smallest absolute Gasteiger partial charge is 0.118 e. The standard InChI is InChI=1S/C12H20N2O/c1-12(2)5-9(12)7-14-8-11-4-3-10(6-13)15-11/h3-4,9,14H,5-8,13H2,1-2H3. The number of hydrogen-bond donors (Lipinski definition) is 2. The van der Waals surface area contributed by atoms with E-state index in [1.807, 2.05) is 12.1 Å². The Balaban J connectivity index is 1.70. The van der Waals surface area contributed by atoms with Gasteiger partial charge in [0.2, 0.25) is 0 Å². The summed E-state index contributed by atoms with van der Waals surface area (Å²) in [4.78, 5) is 0. The van der Waals surface area contributed by atoms with Gasteiger partial charge >= 0.3 is 0 Å². The molecule has 1 aromatic rings. The molecule has 84 valence electrons. The maximum absolute atomic E-state index is 5.50. The summed E-state index contributed by atoms with van der Waals surface area (Å²) < 4.78 is 5.50. The molecule has 2 rings (SSSR count). The second-order valence-corrected chi connectivity index (χ2v) is 5.09. The van der Waals surface area contributed by atoms with Gasteiger partial charge in [0.1, 0.15) is 11.5 Å². The maximum Gasteiger partial charge on any atom is 0.118 e. The molecule has 3 heteroatoms. The molecule has 0 aromatic carbocycles. The summed E-state index contributed by atoms with van der Waals surface area (Å²) in [7, 11) is 0. The lowest BCUT2D eigenvalue weighted by atomic mass is 10.1. The van der Waals surface area contributed by atoms with E-state index in [2.05, 4.69) is 19.2 Å². The predicted molar refractivity (Wildman–Crippen MR) is 60.2 cm³/mol. The predicted octanol–water partition coefficient (Wildman–Crippen LogP) is 1.87. The molecule has 15 heavy (non-hydrogen) atoms. The lowest BCUT2D eigenvalue weighted by Crippen LogP contribution is -2.17. The molecule has 3 N–H and O–H groups in total. The van der Waals surface area contributed by atoms with E-state index >= 15 is 0 Å². The summed E-state index contributed by atoms with van der Waals surface area (Å²) in [5.74, 6) is 2.67. The first kappa shape index (κ1) is 10.7. The van der Waals surface area contributed by atoms with Crippen molar-refractivity contribution in [3.8, 4) is 0 Å². The molecule has 1 saturated carbocycles. The van der Waals surface area contributed by atoms with Gasteiger partial charge in [-0.3, -0.25) is 0 Å². The molecule has 0 spiro atoms. The van der Waals surface area contributed by atoms with Gasteiger partial charge in [-0.05, 0) is 36.4 Å². The Kier molecular flexibility index (Phi) is 2.85. The van der Waals surface area contributed by atoms with Gasteiger partial charge < -0.3 is 15.5 Å². The Morgan fingerprint density at radius 1 is 1.47 bits per heavy atom. The summed E-state index contributed by atoms with van der Waals surface area (Å²) in [5, 5.41) is 3.42. The summed E-state index contributed by atoms with van der Waals surface area (Å²) in [6.07, 6.45) is 1.34. The van der Waals surface area contributed by atoms with Crippen LogP contribution in [0.15, 0.2) is 16.5 Å². The number of nitrogens with one attached hydrogen (secondary N) is 1. The number of nitrogens with two attached hydrogens (primary N) is 1. The summed E-state index contributed by atoms with van der Waals surface area (Å²) >= 11 is 0. The van der Waals surface area contributed by atoms with E-state index in [9.17, 15) is 0 Å². The molecule has 1 atom stereocenters. The van der Waals surface area contributed by atoms with Crippen molar-refractivity contribution in [1.29, 1.82) is 0 Å². The minimum atomic E-state index is 0.482. The third-order valence-electron chi connectivity index (χ3n) is 3.33. The van der Waals surface area contributed by atoms with Crippen molar-refractivity contribution in [3.63, 3.8) is 0 Å². The molecule has 0 saturated heterocycles. The third-order valence-corrected chi connectivity index (χ3v) is 3.33. The van der Waals surface area contributed by atoms with Gasteiger partial charge in [-0.1, -0.05) is 13.8 Å². The van der Waals surface area contributed by atoms with Crippen LogP contribution in [0.25, 0.3) is 0 Å². The van der Waals surface area contributed by atoms with Crippen molar-refractivity contribution in [2.24, 2.45) is 17.1 Å². The molecule has 1 unspecified atom stereocenters. The minimum absolute atomic E-state index is 0.482. The van der Waals surface area contributed by atoms with Gasteiger partial charge in [-0.25, -0.2) is 0 Å². The zero-order valence-corrected chi connectivity index (χ0v) is 9.55. The van der Waals surface area contributed by atoms with Crippen LogP contribution in [-0.4, -0.2) is 6.54 Å². The van der Waals surface area contributed by atoms with Gasteiger partial charge in [0.05, 0.1) is 13.1 Å². The molecule has 3 nitrogen and oxygen atoms in total. The van der Waals surface area contributed by atoms with Gasteiger partial charge in [-0.15, -0.1) is 0 Å². The number of furan rings is 1. The van der Waals surface area contributed by atoms with E-state index < -0.39 is 0 Å². The third kappa shape index (κ3) is 2.61. The number of hydrogen-bond acceptors (Lipinski definition) is 3. The zero-order chi connectivity index (χ0) is 10.9. The highest BCUT2D eigenvalue weighted by atomic mass is 16.3. The van der Waals surface area contributed by atoms with Crippen LogP contribution < -0.4 is 11.1 Å². The molecule has 0 bridgehead atoms. The van der Waals surface area contributed by atoms with Crippen molar-refractivity contribution < 1.29 is 4.42 Å². The van der Waals surface area contributed by atoms with Crippen LogP contribution in [0.4, 0.5) is 0 Å². The van der Waals surface area contributed by atoms with E-state index in [1.165, 1.54) is 6.42 Å². The molecule has 0 amide bonds. The van der Waals surface area contributed by atoms with Crippen LogP contribution in [0.3, 0.4) is 0 Å². The molecular formula is C12H20N2O. The second kappa shape index (κ2) is 3.99. The monoisotopic (exact) mass is 208 g/mol. The van der Waals surface area contributed by atoms with Gasteiger partial charge in [0.25, 0.3) is 0 Å². The van der Waals surface area contributed by atoms with Crippen molar-refractivity contribution in [3.05, 3.63) is 23.7 Å². The Morgan fingerprint density at radius 2 is 2.13 bits per heavy atom. The van der Waals surface area contributed by atoms with Gasteiger partial charge in [0, 0.05) is 0 Å². The van der Waals surface area contributed by atoms with Crippen LogP contribution >= 0.6 is 0 Å². The van der Waals surface area contributed by atoms with Crippen LogP contribution in [0.1, 0.15) is 31.8 Å². The Labute approximate surface area is 91.0 Å². The zero-order valence-electron chi connectivity index (χ0n) is 9.55. The van der Waals surface area contributed by atoms with Crippen LogP contribution in [-0.2, 0) is 13.1 Å². The van der Waals surface area contributed by atoms with Crippen molar-refractivity contribution in [2.45, 2.75) is 33.4 Å². The van der Waals surface area contributed by atoms with Crippen LogP contribution in [0.2, 0.25) is 0 Å². The molecule has 1 aliphatic carbocycles. The fourth-order valence-corrected chi connectivity index (χ4v) is 1.92. The fraction of sp³-hybridized carbons (Fsp3) is 0.667. The molecule has 0 aliphatic heterocycles. The largest absolute Gasteiger partial charge is 0.463 e. The summed E-state index contributed by atoms with van der Waals surface area (Å²) in [5.41, 5.74) is 6.03. The van der Waals surface area contributed by atoms with Gasteiger partial charge in [-0.2, -0.15) is 0 Å². The maximum atomic E-state index is 5.50. The van der Waals surface area contributed by atoms with Crippen molar-refractivity contribution in [1.82, 2.24) is 5.32 Å². The molecule has 1 aliphatic rings. The summed E-state index contributed by atoms with van der Waals surface area (Å²) in [6, 6.07) is 3.94. The van der Waals surface area contributed by atoms with Crippen molar-refractivity contribution >= 4 is 0 Å². The Morgan fingerprint density at radius 3 is 2.67 bits per heavy atom. The Hall–Kier alpha value is -0.800. The van der Waals surface area contributed by atoms with Crippen molar-refractivity contribution in [2.75, 3.05) is 6.54 Å². The van der Waals surface area contributed by atoms with E-state index in [0.29, 0.717) is 12.0 Å². The fourth-order valence-electron chi connectivity index (χ4n) is 1.92. The highest BCUT2D eigenvalue weighted by molar-refractivity contribution is 5.06. The molecule has 1 aromatic heterocycles. The lowest BCUT2D eigenvalue weighted by molar-refractivity contribution is 0.437. The topological polar surface area (TPSA) is 51.2 Å². The SMILES string of the molecule is CC1(C)CC1CNCc1ccc(CN)o1. The van der Waals surface area contributed by atoms with E-state index in [4.69, 9.17) is 10.2 Å². The second-order valence-electron chi connectivity index (χ2n) is 5.09. The lowest BCUT2D eigenvalue weighted by Gasteiger charge is -2.04. The van der Waals surface area contributed by atoms with Gasteiger partial charge in [0.15, 0.2) is 0 Å². The highest BCUT2D eigenvalue weighted by Crippen LogP contribution is 2.50.